The number of hydrogen-bond donors (Lipinski definition) is 2. The minimum Gasteiger partial charge on any atom is -0.474 e. The Kier molecular flexibility index (Phi) is 2.96. The lowest BCUT2D eigenvalue weighted by Crippen LogP contribution is -2.35. The summed E-state index contributed by atoms with van der Waals surface area (Å²) in [6.07, 6.45) is 2.53. The number of primary amides is 1. The largest absolute Gasteiger partial charge is 0.474 e. The van der Waals surface area contributed by atoms with E-state index in [0.717, 1.165) is 12.8 Å². The molecule has 0 bridgehead atoms. The number of carbonyl (C=O) groups excluding carboxylic acids is 1. The molecule has 114 valence electrons. The summed E-state index contributed by atoms with van der Waals surface area (Å²) in [5.41, 5.74) is 11.8. The number of halogens is 2. The standard InChI is InChI=1S/C14H17F2N3O2/c1-7-4-9(17)10(5-14(7,15)16)19-6-21-12(8-2-3-8)11(19)13(18)20/h4,8H,2-3,5-6,17H2,1H3,(H2,18,20). The van der Waals surface area contributed by atoms with Gasteiger partial charge in [0.05, 0.1) is 17.8 Å². The molecule has 0 unspecified atom stereocenters. The molecule has 3 rings (SSSR count). The van der Waals surface area contributed by atoms with E-state index in [0.29, 0.717) is 5.76 Å². The van der Waals surface area contributed by atoms with Crippen LogP contribution in [0.25, 0.3) is 0 Å². The molecule has 2 aliphatic carbocycles. The average Bonchev–Trinajstić information content (AvgIpc) is 3.13. The van der Waals surface area contributed by atoms with Gasteiger partial charge in [0.15, 0.2) is 6.73 Å². The molecule has 21 heavy (non-hydrogen) atoms. The SMILES string of the molecule is CC1=CC(N)=C(N2COC(C3CC3)=C2C(N)=O)CC1(F)F. The maximum atomic E-state index is 13.9. The van der Waals surface area contributed by atoms with Gasteiger partial charge in [0.1, 0.15) is 11.5 Å². The Morgan fingerprint density at radius 1 is 1.48 bits per heavy atom. The van der Waals surface area contributed by atoms with E-state index in [1.165, 1.54) is 17.9 Å². The van der Waals surface area contributed by atoms with E-state index in [4.69, 9.17) is 16.2 Å². The summed E-state index contributed by atoms with van der Waals surface area (Å²) in [5.74, 6) is -2.98. The van der Waals surface area contributed by atoms with E-state index < -0.39 is 18.3 Å². The summed E-state index contributed by atoms with van der Waals surface area (Å²) < 4.78 is 33.3. The van der Waals surface area contributed by atoms with Crippen LogP contribution in [0.1, 0.15) is 26.2 Å². The first kappa shape index (κ1) is 13.9. The van der Waals surface area contributed by atoms with Gasteiger partial charge >= 0.3 is 0 Å². The molecule has 1 heterocycles. The van der Waals surface area contributed by atoms with Crippen LogP contribution in [-0.2, 0) is 9.53 Å². The molecule has 1 fully saturated rings. The van der Waals surface area contributed by atoms with E-state index in [1.54, 1.807) is 0 Å². The monoisotopic (exact) mass is 297 g/mol. The van der Waals surface area contributed by atoms with E-state index in [2.05, 4.69) is 0 Å². The van der Waals surface area contributed by atoms with Crippen molar-refractivity contribution in [3.63, 3.8) is 0 Å². The Bertz CT molecular complexity index is 603. The van der Waals surface area contributed by atoms with E-state index in [9.17, 15) is 13.6 Å². The van der Waals surface area contributed by atoms with Gasteiger partial charge in [-0.3, -0.25) is 4.79 Å². The fraction of sp³-hybridized carbons (Fsp3) is 0.500. The van der Waals surface area contributed by atoms with Crippen LogP contribution in [0.5, 0.6) is 0 Å². The Labute approximate surface area is 120 Å². The maximum absolute atomic E-state index is 13.9. The van der Waals surface area contributed by atoms with Crippen molar-refractivity contribution in [1.29, 1.82) is 0 Å². The lowest BCUT2D eigenvalue weighted by atomic mass is 9.96. The molecule has 0 radical (unpaired) electrons. The molecule has 1 aliphatic heterocycles. The molecule has 0 atom stereocenters. The predicted molar refractivity (Wildman–Crippen MR) is 71.3 cm³/mol. The number of carbonyl (C=O) groups is 1. The number of allylic oxidation sites excluding steroid dienone is 4. The number of nitrogens with zero attached hydrogens (tertiary/aromatic N) is 1. The van der Waals surface area contributed by atoms with Crippen molar-refractivity contribution in [2.75, 3.05) is 6.73 Å². The first-order valence-corrected chi connectivity index (χ1v) is 6.81. The first-order chi connectivity index (χ1) is 9.81. The van der Waals surface area contributed by atoms with Gasteiger partial charge in [-0.25, -0.2) is 8.78 Å². The van der Waals surface area contributed by atoms with Crippen LogP contribution in [0.15, 0.2) is 34.5 Å². The highest BCUT2D eigenvalue weighted by atomic mass is 19.3. The normalized spacial score (nSPS) is 25.1. The fourth-order valence-corrected chi connectivity index (χ4v) is 2.65. The van der Waals surface area contributed by atoms with Crippen molar-refractivity contribution in [2.24, 2.45) is 17.4 Å². The Morgan fingerprint density at radius 3 is 2.71 bits per heavy atom. The highest BCUT2D eigenvalue weighted by Gasteiger charge is 2.44. The van der Waals surface area contributed by atoms with Gasteiger partial charge in [0.25, 0.3) is 11.8 Å². The highest BCUT2D eigenvalue weighted by molar-refractivity contribution is 5.92. The summed E-state index contributed by atoms with van der Waals surface area (Å²) in [6, 6.07) is 0. The second-order valence-electron chi connectivity index (χ2n) is 5.66. The summed E-state index contributed by atoms with van der Waals surface area (Å²) in [4.78, 5) is 13.1. The molecule has 4 N–H and O–H groups in total. The first-order valence-electron chi connectivity index (χ1n) is 6.81. The smallest absolute Gasteiger partial charge is 0.274 e. The number of hydrogen-bond acceptors (Lipinski definition) is 4. The van der Waals surface area contributed by atoms with Crippen molar-refractivity contribution in [1.82, 2.24) is 4.90 Å². The van der Waals surface area contributed by atoms with Crippen LogP contribution < -0.4 is 11.5 Å². The molecule has 0 aromatic carbocycles. The van der Waals surface area contributed by atoms with Crippen molar-refractivity contribution in [3.8, 4) is 0 Å². The molecule has 1 saturated carbocycles. The Balaban J connectivity index is 2.00. The van der Waals surface area contributed by atoms with Gasteiger partial charge in [0.2, 0.25) is 0 Å². The lowest BCUT2D eigenvalue weighted by Gasteiger charge is -2.30. The van der Waals surface area contributed by atoms with Crippen LogP contribution in [0.2, 0.25) is 0 Å². The van der Waals surface area contributed by atoms with Crippen LogP contribution in [0.3, 0.4) is 0 Å². The van der Waals surface area contributed by atoms with Gasteiger partial charge in [-0.05, 0) is 31.4 Å². The number of rotatable bonds is 3. The van der Waals surface area contributed by atoms with Gasteiger partial charge in [-0.15, -0.1) is 0 Å². The fourth-order valence-electron chi connectivity index (χ4n) is 2.65. The van der Waals surface area contributed by atoms with Gasteiger partial charge in [0, 0.05) is 5.92 Å². The molecule has 5 nitrogen and oxygen atoms in total. The summed E-state index contributed by atoms with van der Waals surface area (Å²) in [6.45, 7) is 1.34. The third-order valence-corrected chi connectivity index (χ3v) is 4.03. The summed E-state index contributed by atoms with van der Waals surface area (Å²) >= 11 is 0. The van der Waals surface area contributed by atoms with Crippen LogP contribution in [0.4, 0.5) is 8.78 Å². The van der Waals surface area contributed by atoms with Crippen molar-refractivity contribution in [3.05, 3.63) is 34.5 Å². The number of alkyl halides is 2. The molecule has 0 saturated heterocycles. The molecule has 0 aromatic heterocycles. The number of ether oxygens (including phenoxy) is 1. The van der Waals surface area contributed by atoms with E-state index in [1.807, 2.05) is 0 Å². The van der Waals surface area contributed by atoms with Crippen molar-refractivity contribution in [2.45, 2.75) is 32.1 Å². The zero-order valence-electron chi connectivity index (χ0n) is 11.7. The van der Waals surface area contributed by atoms with Gasteiger partial charge < -0.3 is 21.1 Å². The van der Waals surface area contributed by atoms with E-state index >= 15 is 0 Å². The van der Waals surface area contributed by atoms with Gasteiger partial charge in [-0.2, -0.15) is 0 Å². The average molecular weight is 297 g/mol. The van der Waals surface area contributed by atoms with Crippen molar-refractivity contribution >= 4 is 5.91 Å². The molecule has 0 aromatic rings. The second kappa shape index (κ2) is 4.47. The van der Waals surface area contributed by atoms with Crippen LogP contribution >= 0.6 is 0 Å². The quantitative estimate of drug-likeness (QED) is 0.828. The van der Waals surface area contributed by atoms with E-state index in [-0.39, 0.29) is 35.3 Å². The lowest BCUT2D eigenvalue weighted by molar-refractivity contribution is -0.115. The topological polar surface area (TPSA) is 81.6 Å². The molecular formula is C14H17F2N3O2. The number of nitrogens with two attached hydrogens (primary N) is 2. The third kappa shape index (κ3) is 2.26. The zero-order chi connectivity index (χ0) is 15.4. The molecule has 1 amide bonds. The van der Waals surface area contributed by atoms with Crippen LogP contribution in [0, 0.1) is 5.92 Å². The minimum absolute atomic E-state index is 0.00308. The Morgan fingerprint density at radius 2 is 2.14 bits per heavy atom. The second-order valence-corrected chi connectivity index (χ2v) is 5.66. The molecule has 7 heteroatoms. The summed E-state index contributed by atoms with van der Waals surface area (Å²) in [7, 11) is 0. The third-order valence-electron chi connectivity index (χ3n) is 4.03. The molecule has 3 aliphatic rings. The Hall–Kier alpha value is -2.05. The van der Waals surface area contributed by atoms with Gasteiger partial charge in [-0.1, -0.05) is 0 Å². The minimum atomic E-state index is -2.98. The molecular weight excluding hydrogens is 280 g/mol. The number of amides is 1. The van der Waals surface area contributed by atoms with Crippen molar-refractivity contribution < 1.29 is 18.3 Å². The summed E-state index contributed by atoms with van der Waals surface area (Å²) in [5, 5.41) is 0. The van der Waals surface area contributed by atoms with Crippen LogP contribution in [-0.4, -0.2) is 23.5 Å². The molecule has 0 spiro atoms. The predicted octanol–water partition coefficient (Wildman–Crippen LogP) is 1.54. The highest BCUT2D eigenvalue weighted by Crippen LogP contribution is 2.45. The maximum Gasteiger partial charge on any atom is 0.274 e. The zero-order valence-corrected chi connectivity index (χ0v) is 11.7.